The summed E-state index contributed by atoms with van der Waals surface area (Å²) in [4.78, 5) is 0. The zero-order valence-electron chi connectivity index (χ0n) is 13.5. The van der Waals surface area contributed by atoms with Gasteiger partial charge in [-0.1, -0.05) is 57.2 Å². The molecular formula is C18H27F3Si. The van der Waals surface area contributed by atoms with E-state index in [4.69, 9.17) is 0 Å². The third-order valence-electron chi connectivity index (χ3n) is 5.04. The van der Waals surface area contributed by atoms with E-state index in [9.17, 15) is 13.2 Å². The lowest BCUT2D eigenvalue weighted by atomic mass is 9.93. The summed E-state index contributed by atoms with van der Waals surface area (Å²) in [5.74, 6) is -3.23. The molecule has 1 aromatic rings. The van der Waals surface area contributed by atoms with Crippen LogP contribution in [0.25, 0.3) is 0 Å². The van der Waals surface area contributed by atoms with Crippen molar-refractivity contribution in [1.29, 1.82) is 0 Å². The third-order valence-corrected chi connectivity index (χ3v) is 8.56. The summed E-state index contributed by atoms with van der Waals surface area (Å²) in [7, 11) is -0.636. The first-order valence-corrected chi connectivity index (χ1v) is 11.2. The first-order valence-electron chi connectivity index (χ1n) is 8.76. The predicted molar refractivity (Wildman–Crippen MR) is 88.6 cm³/mol. The van der Waals surface area contributed by atoms with E-state index in [0.29, 0.717) is 5.56 Å². The van der Waals surface area contributed by atoms with Gasteiger partial charge in [-0.2, -0.15) is 0 Å². The molecule has 0 aliphatic carbocycles. The second kappa shape index (κ2) is 8.75. The summed E-state index contributed by atoms with van der Waals surface area (Å²) < 4.78 is 39.7. The van der Waals surface area contributed by atoms with Crippen LogP contribution < -0.4 is 0 Å². The summed E-state index contributed by atoms with van der Waals surface area (Å²) in [6.45, 7) is 2.23. The van der Waals surface area contributed by atoms with E-state index in [1.807, 2.05) is 0 Å². The molecule has 0 amide bonds. The number of unbranched alkanes of at least 4 members (excludes halogenated alkanes) is 4. The van der Waals surface area contributed by atoms with Gasteiger partial charge >= 0.3 is 0 Å². The van der Waals surface area contributed by atoms with Crippen LogP contribution in [0.15, 0.2) is 12.1 Å². The van der Waals surface area contributed by atoms with Crippen LogP contribution in [0.2, 0.25) is 18.1 Å². The summed E-state index contributed by atoms with van der Waals surface area (Å²) in [6, 6.07) is 6.33. The molecule has 0 aromatic heterocycles. The molecule has 0 nitrogen and oxygen atoms in total. The molecule has 4 heteroatoms. The van der Waals surface area contributed by atoms with Crippen LogP contribution in [0.5, 0.6) is 0 Å². The van der Waals surface area contributed by atoms with E-state index in [-0.39, 0.29) is 5.92 Å². The quantitative estimate of drug-likeness (QED) is 0.318. The number of halogens is 3. The zero-order valence-corrected chi connectivity index (χ0v) is 14.7. The van der Waals surface area contributed by atoms with E-state index in [2.05, 4.69) is 6.92 Å². The Bertz CT molecular complexity index is 444. The normalized spacial score (nSPS) is 22.0. The standard InChI is InChI=1S/C18H27F3Si/c1-2-3-4-5-6-9-22-10-7-14(8-11-22)15-12-16(19)18(21)17(20)13-15/h12-14,22H,2-11H2,1H3/t14-,22-. The van der Waals surface area contributed by atoms with E-state index in [1.165, 1.54) is 62.4 Å². The number of hydrogen-bond donors (Lipinski definition) is 0. The van der Waals surface area contributed by atoms with Gasteiger partial charge in [-0.25, -0.2) is 13.2 Å². The second-order valence-electron chi connectivity index (χ2n) is 6.72. The minimum absolute atomic E-state index is 0.216. The Hall–Kier alpha value is -0.773. The molecular weight excluding hydrogens is 301 g/mol. The molecule has 1 aromatic carbocycles. The van der Waals surface area contributed by atoms with Gasteiger partial charge in [0.15, 0.2) is 17.5 Å². The van der Waals surface area contributed by atoms with Crippen LogP contribution in [-0.2, 0) is 0 Å². The van der Waals surface area contributed by atoms with Crippen molar-refractivity contribution in [2.24, 2.45) is 0 Å². The van der Waals surface area contributed by atoms with Crippen LogP contribution in [0.1, 0.15) is 63.4 Å². The zero-order chi connectivity index (χ0) is 15.9. The molecule has 0 unspecified atom stereocenters. The maximum absolute atomic E-state index is 13.3. The van der Waals surface area contributed by atoms with Crippen molar-refractivity contribution in [2.75, 3.05) is 0 Å². The second-order valence-corrected chi connectivity index (χ2v) is 10.2. The molecule has 0 spiro atoms. The van der Waals surface area contributed by atoms with Gasteiger partial charge in [0.1, 0.15) is 0 Å². The fourth-order valence-corrected chi connectivity index (χ4v) is 7.11. The van der Waals surface area contributed by atoms with Crippen molar-refractivity contribution in [3.8, 4) is 0 Å². The summed E-state index contributed by atoms with van der Waals surface area (Å²) in [5, 5.41) is 0. The predicted octanol–water partition coefficient (Wildman–Crippen LogP) is 6.18. The number of benzene rings is 1. The minimum atomic E-state index is -1.35. The third kappa shape index (κ3) is 4.87. The SMILES string of the molecule is CCCCCCC[Si@H]1CC[C@H](c2cc(F)c(F)c(F)c2)CC1. The maximum atomic E-state index is 13.3. The van der Waals surface area contributed by atoms with Gasteiger partial charge in [0, 0.05) is 8.80 Å². The van der Waals surface area contributed by atoms with Crippen LogP contribution >= 0.6 is 0 Å². The number of hydrogen-bond acceptors (Lipinski definition) is 0. The average Bonchev–Trinajstić information content (AvgIpc) is 2.52. The number of rotatable bonds is 7. The van der Waals surface area contributed by atoms with Crippen molar-refractivity contribution >= 4 is 8.80 Å². The van der Waals surface area contributed by atoms with Gasteiger partial charge in [0.25, 0.3) is 0 Å². The summed E-state index contributed by atoms with van der Waals surface area (Å²) in [6.07, 6.45) is 8.75. The molecule has 0 bridgehead atoms. The van der Waals surface area contributed by atoms with Gasteiger partial charge in [-0.3, -0.25) is 0 Å². The van der Waals surface area contributed by atoms with Crippen molar-refractivity contribution in [3.63, 3.8) is 0 Å². The molecule has 1 heterocycles. The average molecular weight is 328 g/mol. The highest BCUT2D eigenvalue weighted by molar-refractivity contribution is 6.59. The molecule has 1 aliphatic heterocycles. The molecule has 2 rings (SSSR count). The Labute approximate surface area is 133 Å². The summed E-state index contributed by atoms with van der Waals surface area (Å²) in [5.41, 5.74) is 0.645. The van der Waals surface area contributed by atoms with Crippen molar-refractivity contribution < 1.29 is 13.2 Å². The largest absolute Gasteiger partial charge is 0.204 e. The Morgan fingerprint density at radius 3 is 2.14 bits per heavy atom. The maximum Gasteiger partial charge on any atom is 0.194 e. The van der Waals surface area contributed by atoms with Crippen LogP contribution in [0, 0.1) is 17.5 Å². The molecule has 1 aliphatic rings. The molecule has 0 radical (unpaired) electrons. The minimum Gasteiger partial charge on any atom is -0.204 e. The van der Waals surface area contributed by atoms with Crippen LogP contribution in [-0.4, -0.2) is 8.80 Å². The van der Waals surface area contributed by atoms with Crippen LogP contribution in [0.3, 0.4) is 0 Å². The molecule has 1 saturated heterocycles. The monoisotopic (exact) mass is 328 g/mol. The Morgan fingerprint density at radius 2 is 1.55 bits per heavy atom. The van der Waals surface area contributed by atoms with Gasteiger partial charge in [-0.05, 0) is 36.5 Å². The lowest BCUT2D eigenvalue weighted by Gasteiger charge is -2.28. The Kier molecular flexibility index (Phi) is 6.99. The Balaban J connectivity index is 1.77. The molecule has 0 atom stereocenters. The lowest BCUT2D eigenvalue weighted by molar-refractivity contribution is 0.441. The summed E-state index contributed by atoms with van der Waals surface area (Å²) >= 11 is 0. The highest BCUT2D eigenvalue weighted by atomic mass is 28.3. The molecule has 0 N–H and O–H groups in total. The van der Waals surface area contributed by atoms with E-state index in [0.717, 1.165) is 12.8 Å². The van der Waals surface area contributed by atoms with Crippen molar-refractivity contribution in [3.05, 3.63) is 35.1 Å². The lowest BCUT2D eigenvalue weighted by Crippen LogP contribution is -2.20. The highest BCUT2D eigenvalue weighted by Gasteiger charge is 2.24. The van der Waals surface area contributed by atoms with Gasteiger partial charge in [0.2, 0.25) is 0 Å². The van der Waals surface area contributed by atoms with Crippen molar-refractivity contribution in [1.82, 2.24) is 0 Å². The van der Waals surface area contributed by atoms with Gasteiger partial charge in [0.05, 0.1) is 0 Å². The molecule has 1 fully saturated rings. The first-order chi connectivity index (χ1) is 10.6. The van der Waals surface area contributed by atoms with E-state index >= 15 is 0 Å². The van der Waals surface area contributed by atoms with Gasteiger partial charge in [-0.15, -0.1) is 0 Å². The molecule has 0 saturated carbocycles. The molecule has 22 heavy (non-hydrogen) atoms. The fraction of sp³-hybridized carbons (Fsp3) is 0.667. The fourth-order valence-electron chi connectivity index (χ4n) is 3.63. The smallest absolute Gasteiger partial charge is 0.194 e. The van der Waals surface area contributed by atoms with Crippen molar-refractivity contribution in [2.45, 2.75) is 75.9 Å². The van der Waals surface area contributed by atoms with Crippen LogP contribution in [0.4, 0.5) is 13.2 Å². The van der Waals surface area contributed by atoms with Gasteiger partial charge < -0.3 is 0 Å². The van der Waals surface area contributed by atoms with E-state index < -0.39 is 26.2 Å². The van der Waals surface area contributed by atoms with E-state index in [1.54, 1.807) is 0 Å². The molecule has 124 valence electrons. The Morgan fingerprint density at radius 1 is 0.955 bits per heavy atom. The topological polar surface area (TPSA) is 0 Å². The first kappa shape index (κ1) is 17.6. The highest BCUT2D eigenvalue weighted by Crippen LogP contribution is 2.36.